The van der Waals surface area contributed by atoms with Gasteiger partial charge in [-0.1, -0.05) is 12.1 Å². The number of nitrogens with one attached hydrogen (secondary N) is 1. The average molecular weight is 363 g/mol. The van der Waals surface area contributed by atoms with Crippen molar-refractivity contribution in [1.82, 2.24) is 19.1 Å². The third-order valence-corrected chi connectivity index (χ3v) is 6.29. The van der Waals surface area contributed by atoms with Crippen molar-refractivity contribution in [3.05, 3.63) is 36.9 Å². The van der Waals surface area contributed by atoms with E-state index in [1.165, 1.54) is 10.6 Å². The van der Waals surface area contributed by atoms with Crippen molar-refractivity contribution in [2.75, 3.05) is 24.2 Å². The summed E-state index contributed by atoms with van der Waals surface area (Å²) in [6, 6.07) is 7.36. The fraction of sp³-hybridized carbons (Fsp3) is 0.438. The number of hydrogen-bond acceptors (Lipinski definition) is 5. The zero-order valence-corrected chi connectivity index (χ0v) is 14.8. The molecule has 1 aromatic heterocycles. The Labute approximate surface area is 146 Å². The Hall–Kier alpha value is -2.26. The quantitative estimate of drug-likeness (QED) is 0.863. The summed E-state index contributed by atoms with van der Waals surface area (Å²) < 4.78 is 26.9. The number of rotatable bonds is 5. The van der Waals surface area contributed by atoms with Gasteiger partial charge >= 0.3 is 0 Å². The molecule has 25 heavy (non-hydrogen) atoms. The molecule has 2 heterocycles. The van der Waals surface area contributed by atoms with Crippen LogP contribution in [0.3, 0.4) is 0 Å². The zero-order valence-electron chi connectivity index (χ0n) is 14.0. The van der Waals surface area contributed by atoms with Crippen molar-refractivity contribution in [1.29, 1.82) is 0 Å². The number of carbonyl (C=O) groups excluding carboxylic acids is 1. The van der Waals surface area contributed by atoms with Gasteiger partial charge in [0, 0.05) is 19.0 Å². The fourth-order valence-corrected chi connectivity index (χ4v) is 4.06. The van der Waals surface area contributed by atoms with E-state index in [9.17, 15) is 13.2 Å². The van der Waals surface area contributed by atoms with E-state index in [1.807, 2.05) is 24.3 Å². The Bertz CT molecular complexity index is 827. The zero-order chi connectivity index (χ0) is 17.9. The van der Waals surface area contributed by atoms with Crippen LogP contribution < -0.4 is 5.32 Å². The van der Waals surface area contributed by atoms with E-state index in [0.717, 1.165) is 5.69 Å². The van der Waals surface area contributed by atoms with Crippen molar-refractivity contribution in [3.8, 4) is 5.69 Å². The Morgan fingerprint density at radius 3 is 2.64 bits per heavy atom. The predicted octanol–water partition coefficient (Wildman–Crippen LogP) is 1.27. The van der Waals surface area contributed by atoms with Crippen LogP contribution in [0.25, 0.3) is 5.69 Å². The lowest BCUT2D eigenvalue weighted by atomic mass is 9.97. The van der Waals surface area contributed by atoms with Crippen molar-refractivity contribution in [3.63, 3.8) is 0 Å². The van der Waals surface area contributed by atoms with Gasteiger partial charge in [0.05, 0.1) is 17.1 Å². The molecule has 0 bridgehead atoms. The molecule has 9 heteroatoms. The summed E-state index contributed by atoms with van der Waals surface area (Å²) >= 11 is 0. The summed E-state index contributed by atoms with van der Waals surface area (Å²) in [5, 5.41) is 7.03. The standard InChI is InChI=1S/C16H21N5O3S/c1-2-25(23,24)20-9-7-13(8-10-20)16(22)19-14-5-3-4-6-15(14)21-12-17-11-18-21/h3-6,11-13H,2,7-10H2,1H3,(H,19,22). The molecular weight excluding hydrogens is 342 g/mol. The molecule has 134 valence electrons. The molecule has 1 N–H and O–H groups in total. The fourth-order valence-electron chi connectivity index (χ4n) is 2.93. The first-order chi connectivity index (χ1) is 12.0. The van der Waals surface area contributed by atoms with Gasteiger partial charge < -0.3 is 5.32 Å². The second-order valence-corrected chi connectivity index (χ2v) is 8.18. The first-order valence-corrected chi connectivity index (χ1v) is 9.85. The SMILES string of the molecule is CCS(=O)(=O)N1CCC(C(=O)Nc2ccccc2-n2cncn2)CC1. The molecule has 1 fully saturated rings. The highest BCUT2D eigenvalue weighted by Crippen LogP contribution is 2.24. The lowest BCUT2D eigenvalue weighted by Crippen LogP contribution is -2.42. The number of anilines is 1. The van der Waals surface area contributed by atoms with Gasteiger partial charge in [0.15, 0.2) is 0 Å². The molecule has 1 aliphatic rings. The highest BCUT2D eigenvalue weighted by atomic mass is 32.2. The van der Waals surface area contributed by atoms with Crippen molar-refractivity contribution in [2.45, 2.75) is 19.8 Å². The molecule has 0 atom stereocenters. The summed E-state index contributed by atoms with van der Waals surface area (Å²) in [6.45, 7) is 2.41. The number of hydrogen-bond donors (Lipinski definition) is 1. The molecule has 0 saturated carbocycles. The summed E-state index contributed by atoms with van der Waals surface area (Å²) in [5.41, 5.74) is 1.39. The maximum Gasteiger partial charge on any atom is 0.227 e. The molecular formula is C16H21N5O3S. The second kappa shape index (κ2) is 7.32. The van der Waals surface area contributed by atoms with Gasteiger partial charge in [-0.25, -0.2) is 22.4 Å². The number of piperidine rings is 1. The van der Waals surface area contributed by atoms with Crippen LogP contribution in [0.1, 0.15) is 19.8 Å². The van der Waals surface area contributed by atoms with Crippen molar-refractivity contribution >= 4 is 21.6 Å². The minimum Gasteiger partial charge on any atom is -0.324 e. The predicted molar refractivity (Wildman–Crippen MR) is 93.7 cm³/mol. The van der Waals surface area contributed by atoms with E-state index in [0.29, 0.717) is 31.6 Å². The second-order valence-electron chi connectivity index (χ2n) is 5.92. The van der Waals surface area contributed by atoms with Crippen LogP contribution in [0.2, 0.25) is 0 Å². The third-order valence-electron chi connectivity index (χ3n) is 4.41. The van der Waals surface area contributed by atoms with Crippen LogP contribution in [0, 0.1) is 5.92 Å². The van der Waals surface area contributed by atoms with Crippen LogP contribution in [-0.4, -0.2) is 52.2 Å². The molecule has 3 rings (SSSR count). The van der Waals surface area contributed by atoms with Gasteiger partial charge in [-0.15, -0.1) is 0 Å². The summed E-state index contributed by atoms with van der Waals surface area (Å²) in [7, 11) is -3.18. The number of nitrogens with zero attached hydrogens (tertiary/aromatic N) is 4. The van der Waals surface area contributed by atoms with Gasteiger partial charge in [0.25, 0.3) is 0 Å². The topological polar surface area (TPSA) is 97.2 Å². The minimum atomic E-state index is -3.18. The highest BCUT2D eigenvalue weighted by molar-refractivity contribution is 7.89. The van der Waals surface area contributed by atoms with Gasteiger partial charge in [-0.3, -0.25) is 4.79 Å². The van der Waals surface area contributed by atoms with E-state index in [2.05, 4.69) is 15.4 Å². The van der Waals surface area contributed by atoms with E-state index < -0.39 is 10.0 Å². The molecule has 0 radical (unpaired) electrons. The average Bonchev–Trinajstić information content (AvgIpc) is 3.17. The molecule has 0 aliphatic carbocycles. The first kappa shape index (κ1) is 17.6. The maximum atomic E-state index is 12.6. The van der Waals surface area contributed by atoms with Crippen LogP contribution in [-0.2, 0) is 14.8 Å². The largest absolute Gasteiger partial charge is 0.324 e. The molecule has 2 aromatic rings. The number of carbonyl (C=O) groups is 1. The van der Waals surface area contributed by atoms with Crippen LogP contribution >= 0.6 is 0 Å². The summed E-state index contributed by atoms with van der Waals surface area (Å²) in [5.74, 6) is -0.206. The maximum absolute atomic E-state index is 12.6. The van der Waals surface area contributed by atoms with E-state index in [4.69, 9.17) is 0 Å². The lowest BCUT2D eigenvalue weighted by molar-refractivity contribution is -0.120. The van der Waals surface area contributed by atoms with Gasteiger partial charge in [-0.2, -0.15) is 5.10 Å². The number of sulfonamides is 1. The molecule has 1 saturated heterocycles. The van der Waals surface area contributed by atoms with Crippen molar-refractivity contribution < 1.29 is 13.2 Å². The normalized spacial score (nSPS) is 16.7. The summed E-state index contributed by atoms with van der Waals surface area (Å²) in [4.78, 5) is 16.5. The molecule has 1 aliphatic heterocycles. The van der Waals surface area contributed by atoms with E-state index in [-0.39, 0.29) is 17.6 Å². The smallest absolute Gasteiger partial charge is 0.227 e. The third kappa shape index (κ3) is 3.88. The van der Waals surface area contributed by atoms with Crippen molar-refractivity contribution in [2.24, 2.45) is 5.92 Å². The minimum absolute atomic E-state index is 0.0924. The Morgan fingerprint density at radius 1 is 1.28 bits per heavy atom. The molecule has 8 nitrogen and oxygen atoms in total. The van der Waals surface area contributed by atoms with Crippen LogP contribution in [0.5, 0.6) is 0 Å². The number of amides is 1. The van der Waals surface area contributed by atoms with Gasteiger partial charge in [0.1, 0.15) is 12.7 Å². The van der Waals surface area contributed by atoms with Crippen LogP contribution in [0.4, 0.5) is 5.69 Å². The molecule has 0 spiro atoms. The number of benzene rings is 1. The summed E-state index contributed by atoms with van der Waals surface area (Å²) in [6.07, 6.45) is 4.05. The lowest BCUT2D eigenvalue weighted by Gasteiger charge is -2.30. The Morgan fingerprint density at radius 2 is 2.00 bits per heavy atom. The highest BCUT2D eigenvalue weighted by Gasteiger charge is 2.30. The van der Waals surface area contributed by atoms with E-state index in [1.54, 1.807) is 17.9 Å². The Balaban J connectivity index is 1.67. The van der Waals surface area contributed by atoms with Gasteiger partial charge in [-0.05, 0) is 31.9 Å². The Kier molecular flexibility index (Phi) is 5.14. The number of para-hydroxylation sites is 2. The van der Waals surface area contributed by atoms with Gasteiger partial charge in [0.2, 0.25) is 15.9 Å². The van der Waals surface area contributed by atoms with E-state index >= 15 is 0 Å². The molecule has 1 aromatic carbocycles. The first-order valence-electron chi connectivity index (χ1n) is 8.24. The monoisotopic (exact) mass is 363 g/mol. The molecule has 1 amide bonds. The number of aromatic nitrogens is 3. The molecule has 0 unspecified atom stereocenters. The van der Waals surface area contributed by atoms with Crippen LogP contribution in [0.15, 0.2) is 36.9 Å².